The fraction of sp³-hybridized carbons (Fsp3) is 0.133. The van der Waals surface area contributed by atoms with Crippen molar-refractivity contribution in [3.63, 3.8) is 0 Å². The molecular weight excluding hydrogens is 275 g/mol. The van der Waals surface area contributed by atoms with Crippen LogP contribution in [0.15, 0.2) is 48.5 Å². The summed E-state index contributed by atoms with van der Waals surface area (Å²) >= 11 is 0. The van der Waals surface area contributed by atoms with Gasteiger partial charge in [0, 0.05) is 11.6 Å². The Balaban J connectivity index is 1.77. The van der Waals surface area contributed by atoms with Crippen LogP contribution in [-0.4, -0.2) is 19.1 Å². The second kappa shape index (κ2) is 7.25. The molecule has 0 saturated carbocycles. The normalized spacial score (nSPS) is 10.0. The Morgan fingerprint density at radius 3 is 2.33 bits per heavy atom. The van der Waals surface area contributed by atoms with Crippen LogP contribution in [-0.2, 0) is 0 Å². The van der Waals surface area contributed by atoms with Gasteiger partial charge < -0.3 is 9.47 Å². The van der Waals surface area contributed by atoms with Gasteiger partial charge in [-0.25, -0.2) is 10.2 Å². The van der Waals surface area contributed by atoms with Gasteiger partial charge in [0.05, 0.1) is 0 Å². The van der Waals surface area contributed by atoms with E-state index in [0.717, 1.165) is 0 Å². The van der Waals surface area contributed by atoms with Crippen LogP contribution < -0.4 is 20.7 Å². The van der Waals surface area contributed by atoms with E-state index in [1.165, 1.54) is 12.1 Å². The van der Waals surface area contributed by atoms with Gasteiger partial charge in [0.15, 0.2) is 0 Å². The molecule has 0 unspecified atom stereocenters. The van der Waals surface area contributed by atoms with Crippen molar-refractivity contribution in [1.29, 1.82) is 0 Å². The largest absolute Gasteiger partial charge is 0.490 e. The first-order valence-electron chi connectivity index (χ1n) is 6.31. The standard InChI is InChI=1S/C15H15FN2O3/c16-12-2-1-3-14(10-12)21-9-8-20-13-6-4-11(5-7-13)15(19)18-17/h1-7,10H,8-9,17H2,(H,18,19). The summed E-state index contributed by atoms with van der Waals surface area (Å²) in [5, 5.41) is 0. The van der Waals surface area contributed by atoms with E-state index in [0.29, 0.717) is 23.7 Å². The van der Waals surface area contributed by atoms with Crippen LogP contribution in [0.25, 0.3) is 0 Å². The van der Waals surface area contributed by atoms with Crippen molar-refractivity contribution in [3.8, 4) is 11.5 Å². The smallest absolute Gasteiger partial charge is 0.265 e. The van der Waals surface area contributed by atoms with Gasteiger partial charge in [0.25, 0.3) is 5.91 Å². The van der Waals surface area contributed by atoms with E-state index in [1.54, 1.807) is 36.4 Å². The molecule has 0 saturated heterocycles. The molecule has 5 nitrogen and oxygen atoms in total. The highest BCUT2D eigenvalue weighted by Gasteiger charge is 2.03. The van der Waals surface area contributed by atoms with Gasteiger partial charge in [-0.2, -0.15) is 0 Å². The van der Waals surface area contributed by atoms with Crippen molar-refractivity contribution in [3.05, 3.63) is 59.9 Å². The third kappa shape index (κ3) is 4.47. The lowest BCUT2D eigenvalue weighted by Gasteiger charge is -2.08. The number of nitrogens with two attached hydrogens (primary N) is 1. The average Bonchev–Trinajstić information content (AvgIpc) is 2.51. The highest BCUT2D eigenvalue weighted by atomic mass is 19.1. The number of ether oxygens (including phenoxy) is 2. The van der Waals surface area contributed by atoms with Crippen LogP contribution in [0.5, 0.6) is 11.5 Å². The van der Waals surface area contributed by atoms with E-state index in [2.05, 4.69) is 0 Å². The van der Waals surface area contributed by atoms with E-state index in [1.807, 2.05) is 5.43 Å². The zero-order valence-corrected chi connectivity index (χ0v) is 11.2. The Kier molecular flexibility index (Phi) is 5.11. The lowest BCUT2D eigenvalue weighted by Crippen LogP contribution is -2.29. The molecule has 2 rings (SSSR count). The second-order valence-corrected chi connectivity index (χ2v) is 4.15. The van der Waals surface area contributed by atoms with Crippen LogP contribution in [0.1, 0.15) is 10.4 Å². The van der Waals surface area contributed by atoms with E-state index in [-0.39, 0.29) is 18.3 Å². The maximum Gasteiger partial charge on any atom is 0.265 e. The minimum absolute atomic E-state index is 0.286. The number of nitrogens with one attached hydrogen (secondary N) is 1. The molecule has 6 heteroatoms. The van der Waals surface area contributed by atoms with Gasteiger partial charge in [0.2, 0.25) is 0 Å². The Morgan fingerprint density at radius 1 is 1.05 bits per heavy atom. The van der Waals surface area contributed by atoms with Crippen molar-refractivity contribution in [2.75, 3.05) is 13.2 Å². The summed E-state index contributed by atoms with van der Waals surface area (Å²) in [6.07, 6.45) is 0. The van der Waals surface area contributed by atoms with Gasteiger partial charge in [-0.1, -0.05) is 6.07 Å². The highest BCUT2D eigenvalue weighted by molar-refractivity contribution is 5.93. The van der Waals surface area contributed by atoms with Gasteiger partial charge in [-0.15, -0.1) is 0 Å². The molecule has 0 atom stereocenters. The summed E-state index contributed by atoms with van der Waals surface area (Å²) in [5.74, 6) is 5.38. The Hall–Kier alpha value is -2.60. The maximum atomic E-state index is 12.9. The summed E-state index contributed by atoms with van der Waals surface area (Å²) < 4.78 is 23.7. The van der Waals surface area contributed by atoms with Crippen LogP contribution in [0, 0.1) is 5.82 Å². The van der Waals surface area contributed by atoms with Crippen molar-refractivity contribution < 1.29 is 18.7 Å². The molecule has 0 radical (unpaired) electrons. The summed E-state index contributed by atoms with van der Waals surface area (Å²) in [5.41, 5.74) is 2.49. The van der Waals surface area contributed by atoms with Crippen molar-refractivity contribution in [2.45, 2.75) is 0 Å². The average molecular weight is 290 g/mol. The van der Waals surface area contributed by atoms with Crippen molar-refractivity contribution in [2.24, 2.45) is 5.84 Å². The third-order valence-electron chi connectivity index (χ3n) is 2.66. The molecule has 0 aromatic heterocycles. The first kappa shape index (κ1) is 14.8. The zero-order chi connectivity index (χ0) is 15.1. The fourth-order valence-corrected chi connectivity index (χ4v) is 1.66. The number of benzene rings is 2. The predicted molar refractivity (Wildman–Crippen MR) is 75.5 cm³/mol. The Bertz CT molecular complexity index is 602. The number of hydrogen-bond donors (Lipinski definition) is 2. The topological polar surface area (TPSA) is 73.6 Å². The van der Waals surface area contributed by atoms with Crippen LogP contribution >= 0.6 is 0 Å². The minimum atomic E-state index is -0.365. The number of amides is 1. The highest BCUT2D eigenvalue weighted by Crippen LogP contribution is 2.13. The molecule has 0 aliphatic heterocycles. The van der Waals surface area contributed by atoms with Gasteiger partial charge in [-0.3, -0.25) is 10.2 Å². The molecule has 0 aliphatic rings. The molecule has 2 aromatic rings. The van der Waals surface area contributed by atoms with Gasteiger partial charge in [-0.05, 0) is 36.4 Å². The second-order valence-electron chi connectivity index (χ2n) is 4.15. The van der Waals surface area contributed by atoms with Crippen LogP contribution in [0.2, 0.25) is 0 Å². The van der Waals surface area contributed by atoms with E-state index in [4.69, 9.17) is 15.3 Å². The number of rotatable bonds is 6. The van der Waals surface area contributed by atoms with E-state index in [9.17, 15) is 9.18 Å². The number of nitrogen functional groups attached to an aromatic ring is 1. The monoisotopic (exact) mass is 290 g/mol. The van der Waals surface area contributed by atoms with E-state index >= 15 is 0 Å². The Labute approximate surface area is 121 Å². The summed E-state index contributed by atoms with van der Waals surface area (Å²) in [6.45, 7) is 0.591. The molecule has 0 fully saturated rings. The lowest BCUT2D eigenvalue weighted by atomic mass is 10.2. The van der Waals surface area contributed by atoms with E-state index < -0.39 is 0 Å². The third-order valence-corrected chi connectivity index (χ3v) is 2.66. The number of hydrazine groups is 1. The molecule has 1 amide bonds. The Morgan fingerprint density at radius 2 is 1.71 bits per heavy atom. The molecule has 0 heterocycles. The molecule has 2 aromatic carbocycles. The molecule has 21 heavy (non-hydrogen) atoms. The summed E-state index contributed by atoms with van der Waals surface area (Å²) in [6, 6.07) is 12.4. The number of carbonyl (C=O) groups excluding carboxylic acids is 1. The zero-order valence-electron chi connectivity index (χ0n) is 11.2. The molecule has 0 bridgehead atoms. The molecule has 3 N–H and O–H groups in total. The minimum Gasteiger partial charge on any atom is -0.490 e. The first-order chi connectivity index (χ1) is 10.2. The lowest BCUT2D eigenvalue weighted by molar-refractivity contribution is 0.0953. The maximum absolute atomic E-state index is 12.9. The van der Waals surface area contributed by atoms with Gasteiger partial charge in [0.1, 0.15) is 30.5 Å². The van der Waals surface area contributed by atoms with Gasteiger partial charge >= 0.3 is 0 Å². The van der Waals surface area contributed by atoms with Crippen LogP contribution in [0.4, 0.5) is 4.39 Å². The quantitative estimate of drug-likeness (QED) is 0.369. The fourth-order valence-electron chi connectivity index (χ4n) is 1.66. The number of halogens is 1. The first-order valence-corrected chi connectivity index (χ1v) is 6.31. The molecule has 110 valence electrons. The summed E-state index contributed by atoms with van der Waals surface area (Å²) in [7, 11) is 0. The van der Waals surface area contributed by atoms with Crippen LogP contribution in [0.3, 0.4) is 0 Å². The predicted octanol–water partition coefficient (Wildman–Crippen LogP) is 1.89. The van der Waals surface area contributed by atoms with Crippen molar-refractivity contribution >= 4 is 5.91 Å². The SMILES string of the molecule is NNC(=O)c1ccc(OCCOc2cccc(F)c2)cc1. The molecular formula is C15H15FN2O3. The number of carbonyl (C=O) groups is 1. The van der Waals surface area contributed by atoms with Crippen molar-refractivity contribution in [1.82, 2.24) is 5.43 Å². The molecule has 0 spiro atoms. The summed E-state index contributed by atoms with van der Waals surface area (Å²) in [4.78, 5) is 11.2. The molecule has 0 aliphatic carbocycles. The number of hydrogen-bond acceptors (Lipinski definition) is 4.